The van der Waals surface area contributed by atoms with Crippen molar-refractivity contribution in [2.24, 2.45) is 0 Å². The number of pyridine rings is 1. The molecule has 0 amide bonds. The number of aromatic nitrogens is 1. The highest BCUT2D eigenvalue weighted by Gasteiger charge is 2.09. The van der Waals surface area contributed by atoms with Crippen molar-refractivity contribution >= 4 is 27.4 Å². The molecule has 0 fully saturated rings. The van der Waals surface area contributed by atoms with E-state index < -0.39 is 0 Å². The molecule has 0 aliphatic rings. The third kappa shape index (κ3) is 3.80. The van der Waals surface area contributed by atoms with E-state index in [1.165, 1.54) is 17.7 Å². The van der Waals surface area contributed by atoms with Crippen LogP contribution in [-0.2, 0) is 5.33 Å². The number of alkyl halides is 1. The van der Waals surface area contributed by atoms with E-state index in [0.717, 1.165) is 24.1 Å². The standard InChI is InChI=1S/C16H19BrN2/c1-2-3-11-19(15-7-5-4-6-8-15)16-10-9-14(12-17)13-18-16/h4-10,13H,2-3,11-12H2,1H3. The summed E-state index contributed by atoms with van der Waals surface area (Å²) in [5.74, 6) is 1.02. The highest BCUT2D eigenvalue weighted by molar-refractivity contribution is 9.08. The second-order valence-electron chi connectivity index (χ2n) is 4.50. The minimum Gasteiger partial charge on any atom is -0.326 e. The molecule has 0 saturated carbocycles. The van der Waals surface area contributed by atoms with Crippen molar-refractivity contribution in [3.8, 4) is 0 Å². The van der Waals surface area contributed by atoms with Crippen molar-refractivity contribution in [3.63, 3.8) is 0 Å². The molecule has 2 nitrogen and oxygen atoms in total. The van der Waals surface area contributed by atoms with E-state index in [-0.39, 0.29) is 0 Å². The summed E-state index contributed by atoms with van der Waals surface area (Å²) >= 11 is 3.45. The first-order valence-corrected chi connectivity index (χ1v) is 7.80. The number of hydrogen-bond acceptors (Lipinski definition) is 2. The topological polar surface area (TPSA) is 16.1 Å². The Morgan fingerprint density at radius 2 is 1.89 bits per heavy atom. The summed E-state index contributed by atoms with van der Waals surface area (Å²) in [4.78, 5) is 6.85. The quantitative estimate of drug-likeness (QED) is 0.703. The first-order chi connectivity index (χ1) is 9.35. The summed E-state index contributed by atoms with van der Waals surface area (Å²) in [6.07, 6.45) is 4.28. The average molecular weight is 319 g/mol. The van der Waals surface area contributed by atoms with Crippen molar-refractivity contribution in [1.29, 1.82) is 0 Å². The molecule has 0 N–H and O–H groups in total. The third-order valence-corrected chi connectivity index (χ3v) is 3.69. The van der Waals surface area contributed by atoms with Crippen LogP contribution in [0, 0.1) is 0 Å². The van der Waals surface area contributed by atoms with Gasteiger partial charge in [0.2, 0.25) is 0 Å². The molecule has 1 aromatic carbocycles. The minimum absolute atomic E-state index is 0.848. The predicted molar refractivity (Wildman–Crippen MR) is 85.2 cm³/mol. The van der Waals surface area contributed by atoms with Gasteiger partial charge in [0, 0.05) is 23.8 Å². The lowest BCUT2D eigenvalue weighted by Gasteiger charge is -2.23. The first-order valence-electron chi connectivity index (χ1n) is 6.68. The number of rotatable bonds is 6. The Kier molecular flexibility index (Phi) is 5.40. The highest BCUT2D eigenvalue weighted by Crippen LogP contribution is 2.24. The molecule has 100 valence electrons. The molecule has 0 radical (unpaired) electrons. The zero-order valence-corrected chi connectivity index (χ0v) is 12.8. The maximum Gasteiger partial charge on any atom is 0.132 e. The monoisotopic (exact) mass is 318 g/mol. The van der Waals surface area contributed by atoms with Crippen LogP contribution >= 0.6 is 15.9 Å². The molecule has 0 atom stereocenters. The van der Waals surface area contributed by atoms with Crippen LogP contribution in [0.2, 0.25) is 0 Å². The SMILES string of the molecule is CCCCN(c1ccccc1)c1ccc(CBr)cn1. The van der Waals surface area contributed by atoms with Crippen LogP contribution in [0.25, 0.3) is 0 Å². The van der Waals surface area contributed by atoms with Gasteiger partial charge in [-0.25, -0.2) is 4.98 Å². The number of hydrogen-bond donors (Lipinski definition) is 0. The fourth-order valence-electron chi connectivity index (χ4n) is 1.96. The molecule has 0 spiro atoms. The van der Waals surface area contributed by atoms with E-state index in [4.69, 9.17) is 0 Å². The van der Waals surface area contributed by atoms with Crippen LogP contribution in [0.15, 0.2) is 48.7 Å². The molecule has 2 rings (SSSR count). The molecule has 0 aliphatic heterocycles. The highest BCUT2D eigenvalue weighted by atomic mass is 79.9. The van der Waals surface area contributed by atoms with Gasteiger partial charge in [-0.2, -0.15) is 0 Å². The number of unbranched alkanes of at least 4 members (excludes halogenated alkanes) is 1. The van der Waals surface area contributed by atoms with Crippen molar-refractivity contribution in [2.45, 2.75) is 25.1 Å². The summed E-state index contributed by atoms with van der Waals surface area (Å²) in [7, 11) is 0. The maximum absolute atomic E-state index is 4.58. The van der Waals surface area contributed by atoms with Gasteiger partial charge in [0.1, 0.15) is 5.82 Å². The first kappa shape index (κ1) is 14.1. The van der Waals surface area contributed by atoms with Crippen LogP contribution < -0.4 is 4.90 Å². The van der Waals surface area contributed by atoms with Crippen LogP contribution in [0.3, 0.4) is 0 Å². The molecule has 19 heavy (non-hydrogen) atoms. The molecular formula is C16H19BrN2. The summed E-state index contributed by atoms with van der Waals surface area (Å²) in [6, 6.07) is 14.7. The summed E-state index contributed by atoms with van der Waals surface area (Å²) < 4.78 is 0. The Labute approximate surface area is 123 Å². The normalized spacial score (nSPS) is 10.4. The lowest BCUT2D eigenvalue weighted by molar-refractivity contribution is 0.779. The second-order valence-corrected chi connectivity index (χ2v) is 5.06. The van der Waals surface area contributed by atoms with E-state index in [1.807, 2.05) is 12.3 Å². The van der Waals surface area contributed by atoms with E-state index in [1.54, 1.807) is 0 Å². The number of benzene rings is 1. The smallest absolute Gasteiger partial charge is 0.132 e. The number of nitrogens with zero attached hydrogens (tertiary/aromatic N) is 2. The molecule has 3 heteroatoms. The van der Waals surface area contributed by atoms with Gasteiger partial charge >= 0.3 is 0 Å². The Morgan fingerprint density at radius 1 is 1.11 bits per heavy atom. The lowest BCUT2D eigenvalue weighted by atomic mass is 10.2. The van der Waals surface area contributed by atoms with Crippen molar-refractivity contribution in [3.05, 3.63) is 54.2 Å². The zero-order chi connectivity index (χ0) is 13.5. The van der Waals surface area contributed by atoms with Crippen LogP contribution in [0.4, 0.5) is 11.5 Å². The van der Waals surface area contributed by atoms with Gasteiger partial charge in [-0.05, 0) is 30.2 Å². The molecular weight excluding hydrogens is 300 g/mol. The molecule has 0 aliphatic carbocycles. The van der Waals surface area contributed by atoms with Crippen LogP contribution in [0.1, 0.15) is 25.3 Å². The molecule has 0 bridgehead atoms. The second kappa shape index (κ2) is 7.29. The number of halogens is 1. The molecule has 1 heterocycles. The number of anilines is 2. The minimum atomic E-state index is 0.848. The molecule has 0 unspecified atom stereocenters. The molecule has 2 aromatic rings. The fourth-order valence-corrected chi connectivity index (χ4v) is 2.29. The molecule has 1 aromatic heterocycles. The van der Waals surface area contributed by atoms with Crippen molar-refractivity contribution in [1.82, 2.24) is 4.98 Å². The van der Waals surface area contributed by atoms with Crippen LogP contribution in [0.5, 0.6) is 0 Å². The Balaban J connectivity index is 2.26. The van der Waals surface area contributed by atoms with Gasteiger partial charge in [0.25, 0.3) is 0 Å². The summed E-state index contributed by atoms with van der Waals surface area (Å²) in [5, 5.41) is 0.848. The van der Waals surface area contributed by atoms with Gasteiger partial charge in [-0.1, -0.05) is 53.5 Å². The van der Waals surface area contributed by atoms with E-state index in [2.05, 4.69) is 69.1 Å². The lowest BCUT2D eigenvalue weighted by Crippen LogP contribution is -2.19. The van der Waals surface area contributed by atoms with E-state index in [9.17, 15) is 0 Å². The van der Waals surface area contributed by atoms with Crippen molar-refractivity contribution in [2.75, 3.05) is 11.4 Å². The third-order valence-electron chi connectivity index (χ3n) is 3.04. The fraction of sp³-hybridized carbons (Fsp3) is 0.312. The van der Waals surface area contributed by atoms with E-state index in [0.29, 0.717) is 0 Å². The zero-order valence-electron chi connectivity index (χ0n) is 11.2. The summed E-state index contributed by atoms with van der Waals surface area (Å²) in [6.45, 7) is 3.21. The largest absolute Gasteiger partial charge is 0.326 e. The predicted octanol–water partition coefficient (Wildman–Crippen LogP) is 4.91. The van der Waals surface area contributed by atoms with Gasteiger partial charge in [-0.15, -0.1) is 0 Å². The van der Waals surface area contributed by atoms with Crippen molar-refractivity contribution < 1.29 is 0 Å². The maximum atomic E-state index is 4.58. The van der Waals surface area contributed by atoms with Gasteiger partial charge in [0.15, 0.2) is 0 Å². The molecule has 0 saturated heterocycles. The van der Waals surface area contributed by atoms with Crippen LogP contribution in [-0.4, -0.2) is 11.5 Å². The van der Waals surface area contributed by atoms with Gasteiger partial charge in [0.05, 0.1) is 0 Å². The Hall–Kier alpha value is -1.35. The summed E-state index contributed by atoms with van der Waals surface area (Å²) in [5.41, 5.74) is 2.40. The van der Waals surface area contributed by atoms with Gasteiger partial charge < -0.3 is 4.90 Å². The Morgan fingerprint density at radius 3 is 2.47 bits per heavy atom. The Bertz CT molecular complexity index is 482. The van der Waals surface area contributed by atoms with Gasteiger partial charge in [-0.3, -0.25) is 0 Å². The van der Waals surface area contributed by atoms with E-state index >= 15 is 0 Å². The number of para-hydroxylation sites is 1. The average Bonchev–Trinajstić information content (AvgIpc) is 2.49.